The van der Waals surface area contributed by atoms with Gasteiger partial charge in [-0.15, -0.1) is 0 Å². The second kappa shape index (κ2) is 10.2. The average molecular weight is 525 g/mol. The van der Waals surface area contributed by atoms with E-state index in [9.17, 15) is 15.3 Å². The van der Waals surface area contributed by atoms with Crippen molar-refractivity contribution in [2.45, 2.75) is 62.0 Å². The van der Waals surface area contributed by atoms with Crippen LogP contribution in [0, 0.1) is 0 Å². The Bertz CT molecular complexity index is 1070. The maximum Gasteiger partial charge on any atom is 0.222 e. The molecule has 2 aromatic rings. The van der Waals surface area contributed by atoms with E-state index in [1.165, 1.54) is 14.2 Å². The zero-order valence-electron chi connectivity index (χ0n) is 20.9. The summed E-state index contributed by atoms with van der Waals surface area (Å²) in [4.78, 5) is 0. The van der Waals surface area contributed by atoms with Gasteiger partial charge in [-0.25, -0.2) is 0 Å². The maximum absolute atomic E-state index is 11.7. The molecule has 0 spiro atoms. The molecule has 198 valence electrons. The zero-order valence-corrected chi connectivity index (χ0v) is 21.7. The number of ether oxygens (including phenoxy) is 6. The van der Waals surface area contributed by atoms with Gasteiger partial charge in [-0.05, 0) is 55.7 Å². The molecule has 4 rings (SSSR count). The summed E-state index contributed by atoms with van der Waals surface area (Å²) >= 11 is 6.47. The zero-order chi connectivity index (χ0) is 26.3. The SMILES string of the molecule is COc1ccc(Cc2cc([C@]3(O)O[C@H](CO)[C@H]4OC(C)(OC)C(C)(OC)O[C@@H]4[C@H]3O)ccc2Cl)cc1. The molecule has 0 amide bonds. The lowest BCUT2D eigenvalue weighted by Crippen LogP contribution is -2.74. The Labute approximate surface area is 215 Å². The second-order valence-electron chi connectivity index (χ2n) is 9.28. The van der Waals surface area contributed by atoms with E-state index in [1.54, 1.807) is 39.2 Å². The minimum absolute atomic E-state index is 0.252. The summed E-state index contributed by atoms with van der Waals surface area (Å²) in [6, 6.07) is 12.4. The van der Waals surface area contributed by atoms with E-state index in [4.69, 9.17) is 40.0 Å². The highest BCUT2D eigenvalue weighted by molar-refractivity contribution is 6.31. The summed E-state index contributed by atoms with van der Waals surface area (Å²) < 4.78 is 34.5. The lowest BCUT2D eigenvalue weighted by atomic mass is 9.85. The Balaban J connectivity index is 1.68. The van der Waals surface area contributed by atoms with Crippen molar-refractivity contribution >= 4 is 11.6 Å². The average Bonchev–Trinajstić information content (AvgIpc) is 2.89. The van der Waals surface area contributed by atoms with Gasteiger partial charge in [0.15, 0.2) is 0 Å². The van der Waals surface area contributed by atoms with Crippen LogP contribution in [0.25, 0.3) is 0 Å². The predicted molar refractivity (Wildman–Crippen MR) is 130 cm³/mol. The molecule has 36 heavy (non-hydrogen) atoms. The van der Waals surface area contributed by atoms with Crippen LogP contribution in [0.15, 0.2) is 42.5 Å². The Kier molecular flexibility index (Phi) is 7.70. The van der Waals surface area contributed by atoms with Crippen LogP contribution in [0.5, 0.6) is 5.75 Å². The number of fused-ring (bicyclic) bond motifs is 1. The summed E-state index contributed by atoms with van der Waals surface area (Å²) in [6.45, 7) is 2.73. The molecule has 2 fully saturated rings. The van der Waals surface area contributed by atoms with Gasteiger partial charge in [0.1, 0.15) is 30.2 Å². The number of halogens is 1. The first kappa shape index (κ1) is 27.3. The van der Waals surface area contributed by atoms with E-state index in [0.717, 1.165) is 11.3 Å². The van der Waals surface area contributed by atoms with Crippen LogP contribution < -0.4 is 4.74 Å². The van der Waals surface area contributed by atoms with E-state index >= 15 is 0 Å². The molecular weight excluding hydrogens is 492 g/mol. The molecule has 0 aliphatic carbocycles. The topological polar surface area (TPSA) is 116 Å². The predicted octanol–water partition coefficient (Wildman–Crippen LogP) is 2.35. The third-order valence-electron chi connectivity index (χ3n) is 7.25. The van der Waals surface area contributed by atoms with Crippen molar-refractivity contribution in [3.63, 3.8) is 0 Å². The molecule has 0 aromatic heterocycles. The summed E-state index contributed by atoms with van der Waals surface area (Å²) in [6.07, 6.45) is -4.25. The number of hydrogen-bond acceptors (Lipinski definition) is 9. The van der Waals surface area contributed by atoms with Gasteiger partial charge >= 0.3 is 0 Å². The highest BCUT2D eigenvalue weighted by Gasteiger charge is 2.65. The van der Waals surface area contributed by atoms with Gasteiger partial charge in [-0.1, -0.05) is 29.8 Å². The Morgan fingerprint density at radius 1 is 0.917 bits per heavy atom. The molecule has 0 saturated carbocycles. The van der Waals surface area contributed by atoms with Gasteiger partial charge in [-0.2, -0.15) is 0 Å². The van der Waals surface area contributed by atoms with Crippen LogP contribution in [0.2, 0.25) is 5.02 Å². The van der Waals surface area contributed by atoms with Crippen molar-refractivity contribution in [2.75, 3.05) is 27.9 Å². The Hall–Kier alpha value is -1.79. The summed E-state index contributed by atoms with van der Waals surface area (Å²) in [5.41, 5.74) is 1.93. The molecule has 0 bridgehead atoms. The van der Waals surface area contributed by atoms with Crippen LogP contribution >= 0.6 is 11.6 Å². The molecule has 2 saturated heterocycles. The monoisotopic (exact) mass is 524 g/mol. The van der Waals surface area contributed by atoms with Gasteiger partial charge in [0.25, 0.3) is 0 Å². The first-order valence-electron chi connectivity index (χ1n) is 11.6. The number of aliphatic hydroxyl groups is 3. The molecule has 2 aromatic carbocycles. The van der Waals surface area contributed by atoms with E-state index in [1.807, 2.05) is 24.3 Å². The molecule has 7 atom stereocenters. The maximum atomic E-state index is 11.7. The van der Waals surface area contributed by atoms with Crippen LogP contribution in [-0.2, 0) is 35.9 Å². The number of methoxy groups -OCH3 is 3. The van der Waals surface area contributed by atoms with Gasteiger partial charge in [-0.3, -0.25) is 0 Å². The summed E-state index contributed by atoms with van der Waals surface area (Å²) in [5, 5.41) is 33.6. The standard InChI is InChI=1S/C26H33ClO9/c1-24(32-4)25(2,33-5)36-22-21(35-24)20(14-28)34-26(30,23(22)29)17-8-11-19(27)16(13-17)12-15-6-9-18(31-3)10-7-15/h6-11,13,20-23,28-30H,12,14H2,1-5H3/t20-,21-,22+,23-,24?,25?,26+/m1/s1. The van der Waals surface area contributed by atoms with Gasteiger partial charge in [0, 0.05) is 24.8 Å². The smallest absolute Gasteiger partial charge is 0.222 e. The lowest BCUT2D eigenvalue weighted by molar-refractivity contribution is -0.491. The van der Waals surface area contributed by atoms with Gasteiger partial charge in [0.05, 0.1) is 13.7 Å². The van der Waals surface area contributed by atoms with Crippen molar-refractivity contribution in [3.8, 4) is 5.75 Å². The van der Waals surface area contributed by atoms with Crippen LogP contribution in [-0.4, -0.2) is 79.2 Å². The van der Waals surface area contributed by atoms with E-state index in [2.05, 4.69) is 0 Å². The van der Waals surface area contributed by atoms with E-state index in [-0.39, 0.29) is 5.56 Å². The molecule has 10 heteroatoms. The molecule has 2 unspecified atom stereocenters. The van der Waals surface area contributed by atoms with Crippen molar-refractivity contribution in [1.82, 2.24) is 0 Å². The van der Waals surface area contributed by atoms with Crippen molar-refractivity contribution < 1.29 is 43.7 Å². The van der Waals surface area contributed by atoms with Crippen molar-refractivity contribution in [3.05, 3.63) is 64.2 Å². The normalized spacial score (nSPS) is 36.4. The van der Waals surface area contributed by atoms with Gasteiger partial charge < -0.3 is 43.7 Å². The van der Waals surface area contributed by atoms with Crippen LogP contribution in [0.3, 0.4) is 0 Å². The third kappa shape index (κ3) is 4.53. The first-order chi connectivity index (χ1) is 17.0. The highest BCUT2D eigenvalue weighted by Crippen LogP contribution is 2.47. The quantitative estimate of drug-likeness (QED) is 0.502. The summed E-state index contributed by atoms with van der Waals surface area (Å²) in [7, 11) is 4.46. The molecule has 2 aliphatic heterocycles. The van der Waals surface area contributed by atoms with Crippen LogP contribution in [0.4, 0.5) is 0 Å². The molecule has 3 N–H and O–H groups in total. The molecule has 9 nitrogen and oxygen atoms in total. The third-order valence-corrected chi connectivity index (χ3v) is 7.62. The minimum atomic E-state index is -2.23. The fraction of sp³-hybridized carbons (Fsp3) is 0.538. The van der Waals surface area contributed by atoms with E-state index < -0.39 is 48.4 Å². The second-order valence-corrected chi connectivity index (χ2v) is 9.68. The fourth-order valence-corrected chi connectivity index (χ4v) is 4.92. The fourth-order valence-electron chi connectivity index (χ4n) is 4.73. The lowest BCUT2D eigenvalue weighted by Gasteiger charge is -2.58. The van der Waals surface area contributed by atoms with Crippen molar-refractivity contribution in [2.24, 2.45) is 0 Å². The molecule has 2 aliphatic rings. The molecule has 0 radical (unpaired) electrons. The Morgan fingerprint density at radius 2 is 1.53 bits per heavy atom. The van der Waals surface area contributed by atoms with Crippen LogP contribution in [0.1, 0.15) is 30.5 Å². The number of rotatable bonds is 7. The summed E-state index contributed by atoms with van der Waals surface area (Å²) in [5.74, 6) is -4.30. The van der Waals surface area contributed by atoms with Crippen molar-refractivity contribution in [1.29, 1.82) is 0 Å². The first-order valence-corrected chi connectivity index (χ1v) is 12.0. The molecule has 2 heterocycles. The Morgan fingerprint density at radius 3 is 2.08 bits per heavy atom. The van der Waals surface area contributed by atoms with Gasteiger partial charge in [0.2, 0.25) is 17.4 Å². The number of aliphatic hydroxyl groups excluding tert-OH is 2. The largest absolute Gasteiger partial charge is 0.497 e. The number of hydrogen-bond donors (Lipinski definition) is 3. The minimum Gasteiger partial charge on any atom is -0.497 e. The highest BCUT2D eigenvalue weighted by atomic mass is 35.5. The molecular formula is C26H33ClO9. The number of benzene rings is 2. The van der Waals surface area contributed by atoms with E-state index in [0.29, 0.717) is 17.0 Å².